The first-order valence-electron chi connectivity index (χ1n) is 7.67. The predicted molar refractivity (Wildman–Crippen MR) is 86.0 cm³/mol. The molecule has 1 aromatic carbocycles. The predicted octanol–water partition coefficient (Wildman–Crippen LogP) is 1.84. The molecule has 6 nitrogen and oxygen atoms in total. The van der Waals surface area contributed by atoms with E-state index in [0.717, 1.165) is 23.4 Å². The highest BCUT2D eigenvalue weighted by molar-refractivity contribution is 5.77. The van der Waals surface area contributed by atoms with Gasteiger partial charge in [-0.2, -0.15) is 5.10 Å². The summed E-state index contributed by atoms with van der Waals surface area (Å²) in [5.74, 6) is 0.151. The summed E-state index contributed by atoms with van der Waals surface area (Å²) in [6.07, 6.45) is 1.91. The van der Waals surface area contributed by atoms with Gasteiger partial charge in [0.25, 0.3) is 0 Å². The maximum absolute atomic E-state index is 11.5. The molecule has 1 aromatic heterocycles. The zero-order valence-electron chi connectivity index (χ0n) is 13.3. The monoisotopic (exact) mass is 315 g/mol. The Hall–Kier alpha value is -2.34. The lowest BCUT2D eigenvalue weighted by atomic mass is 10.1. The third-order valence-electron chi connectivity index (χ3n) is 4.33. The molecule has 2 N–H and O–H groups in total. The molecule has 1 aliphatic carbocycles. The van der Waals surface area contributed by atoms with E-state index in [1.807, 2.05) is 24.3 Å². The van der Waals surface area contributed by atoms with E-state index in [-0.39, 0.29) is 17.8 Å². The van der Waals surface area contributed by atoms with Crippen LogP contribution in [0.3, 0.4) is 0 Å². The molecule has 1 aliphatic rings. The number of ether oxygens (including phenoxy) is 1. The number of carbonyl (C=O) groups excluding carboxylic acids is 1. The third kappa shape index (κ3) is 3.37. The second kappa shape index (κ2) is 6.42. The van der Waals surface area contributed by atoms with Crippen LogP contribution in [0.25, 0.3) is 0 Å². The van der Waals surface area contributed by atoms with Crippen LogP contribution < -0.4 is 5.32 Å². The van der Waals surface area contributed by atoms with Crippen molar-refractivity contribution < 1.29 is 14.6 Å². The topological polar surface area (TPSA) is 76.4 Å². The molecule has 0 amide bonds. The summed E-state index contributed by atoms with van der Waals surface area (Å²) in [5, 5.41) is 17.4. The van der Waals surface area contributed by atoms with Crippen molar-refractivity contribution in [3.8, 4) is 0 Å². The molecular weight excluding hydrogens is 294 g/mol. The number of nitrogens with zero attached hydrogens (tertiary/aromatic N) is 2. The van der Waals surface area contributed by atoms with Crippen molar-refractivity contribution in [1.29, 1.82) is 0 Å². The molecular formula is C17H21N3O3. The molecule has 1 unspecified atom stereocenters. The summed E-state index contributed by atoms with van der Waals surface area (Å²) in [5.41, 5.74) is 2.86. The highest BCUT2D eigenvalue weighted by Gasteiger charge is 2.44. The second-order valence-corrected chi connectivity index (χ2v) is 5.87. The smallest absolute Gasteiger partial charge is 0.309 e. The molecule has 122 valence electrons. The van der Waals surface area contributed by atoms with Crippen molar-refractivity contribution in [1.82, 2.24) is 9.78 Å². The SMILES string of the molecule is COC(=O)[C@H]1C[C@@H]1c1ccc(NCC(O)c2ccnn2C)cc1. The van der Waals surface area contributed by atoms with E-state index in [9.17, 15) is 9.90 Å². The minimum Gasteiger partial charge on any atom is -0.469 e. The van der Waals surface area contributed by atoms with Gasteiger partial charge in [0.15, 0.2) is 0 Å². The molecule has 23 heavy (non-hydrogen) atoms. The van der Waals surface area contributed by atoms with Crippen LogP contribution in [0.5, 0.6) is 0 Å². The zero-order chi connectivity index (χ0) is 16.4. The molecule has 2 aromatic rings. The van der Waals surface area contributed by atoms with Gasteiger partial charge in [-0.05, 0) is 36.1 Å². The largest absolute Gasteiger partial charge is 0.469 e. The van der Waals surface area contributed by atoms with Crippen molar-refractivity contribution >= 4 is 11.7 Å². The number of aliphatic hydroxyl groups excluding tert-OH is 1. The van der Waals surface area contributed by atoms with Gasteiger partial charge in [0.1, 0.15) is 6.10 Å². The standard InChI is InChI=1S/C17H21N3O3/c1-20-15(7-8-19-20)16(21)10-18-12-5-3-11(4-6-12)13-9-14(13)17(22)23-2/h3-8,13-14,16,18,21H,9-10H2,1-2H3/t13-,14+,16?/m1/s1. The number of aliphatic hydroxyl groups is 1. The molecule has 0 bridgehead atoms. The number of aryl methyl sites for hydroxylation is 1. The quantitative estimate of drug-likeness (QED) is 0.796. The molecule has 0 aliphatic heterocycles. The number of anilines is 1. The van der Waals surface area contributed by atoms with Crippen molar-refractivity contribution in [2.24, 2.45) is 13.0 Å². The van der Waals surface area contributed by atoms with Crippen molar-refractivity contribution in [3.05, 3.63) is 47.8 Å². The first kappa shape index (κ1) is 15.6. The Bertz CT molecular complexity index is 681. The number of nitrogens with one attached hydrogen (secondary N) is 1. The molecule has 3 rings (SSSR count). The van der Waals surface area contributed by atoms with Gasteiger partial charge in [-0.1, -0.05) is 12.1 Å². The Morgan fingerprint density at radius 1 is 1.43 bits per heavy atom. The van der Waals surface area contributed by atoms with Crippen molar-refractivity contribution in [2.75, 3.05) is 19.0 Å². The van der Waals surface area contributed by atoms with Crippen LogP contribution in [0, 0.1) is 5.92 Å². The second-order valence-electron chi connectivity index (χ2n) is 5.87. The average Bonchev–Trinajstić information content (AvgIpc) is 3.26. The third-order valence-corrected chi connectivity index (χ3v) is 4.33. The van der Waals surface area contributed by atoms with Crippen LogP contribution in [0.2, 0.25) is 0 Å². The maximum atomic E-state index is 11.5. The molecule has 0 radical (unpaired) electrons. The summed E-state index contributed by atoms with van der Waals surface area (Å²) < 4.78 is 6.44. The van der Waals surface area contributed by atoms with Gasteiger partial charge in [-0.3, -0.25) is 9.48 Å². The fourth-order valence-corrected chi connectivity index (χ4v) is 2.85. The highest BCUT2D eigenvalue weighted by Crippen LogP contribution is 2.48. The molecule has 0 saturated heterocycles. The highest BCUT2D eigenvalue weighted by atomic mass is 16.5. The van der Waals surface area contributed by atoms with E-state index in [1.165, 1.54) is 7.11 Å². The molecule has 1 heterocycles. The minimum atomic E-state index is -0.616. The van der Waals surface area contributed by atoms with Crippen LogP contribution in [0.15, 0.2) is 36.5 Å². The average molecular weight is 315 g/mol. The number of hydrogen-bond acceptors (Lipinski definition) is 5. The number of methoxy groups -OCH3 is 1. The van der Waals surface area contributed by atoms with E-state index in [4.69, 9.17) is 4.74 Å². The zero-order valence-corrected chi connectivity index (χ0v) is 13.3. The summed E-state index contributed by atoms with van der Waals surface area (Å²) in [6.45, 7) is 0.410. The number of hydrogen-bond donors (Lipinski definition) is 2. The summed E-state index contributed by atoms with van der Waals surface area (Å²) in [7, 11) is 3.24. The lowest BCUT2D eigenvalue weighted by molar-refractivity contribution is -0.142. The normalized spacial score (nSPS) is 20.8. The van der Waals surface area contributed by atoms with Gasteiger partial charge in [0, 0.05) is 25.5 Å². The number of carbonyl (C=O) groups is 1. The lowest BCUT2D eigenvalue weighted by Crippen LogP contribution is -2.15. The fraction of sp³-hybridized carbons (Fsp3) is 0.412. The van der Waals surface area contributed by atoms with E-state index >= 15 is 0 Å². The lowest BCUT2D eigenvalue weighted by Gasteiger charge is -2.13. The van der Waals surface area contributed by atoms with Crippen LogP contribution in [-0.4, -0.2) is 34.5 Å². The number of aromatic nitrogens is 2. The summed E-state index contributed by atoms with van der Waals surface area (Å²) in [4.78, 5) is 11.5. The van der Waals surface area contributed by atoms with Gasteiger partial charge < -0.3 is 15.2 Å². The Balaban J connectivity index is 1.54. The minimum absolute atomic E-state index is 0.00507. The Kier molecular flexibility index (Phi) is 4.34. The summed E-state index contributed by atoms with van der Waals surface area (Å²) >= 11 is 0. The first-order valence-corrected chi connectivity index (χ1v) is 7.67. The van der Waals surface area contributed by atoms with E-state index in [1.54, 1.807) is 24.0 Å². The number of benzene rings is 1. The first-order chi connectivity index (χ1) is 11.1. The Morgan fingerprint density at radius 2 is 2.17 bits per heavy atom. The van der Waals surface area contributed by atoms with Crippen LogP contribution >= 0.6 is 0 Å². The molecule has 3 atom stereocenters. The van der Waals surface area contributed by atoms with Gasteiger partial charge >= 0.3 is 5.97 Å². The molecule has 0 spiro atoms. The van der Waals surface area contributed by atoms with Gasteiger partial charge in [0.2, 0.25) is 0 Å². The summed E-state index contributed by atoms with van der Waals surface area (Å²) in [6, 6.07) is 9.78. The van der Waals surface area contributed by atoms with Gasteiger partial charge in [-0.15, -0.1) is 0 Å². The Morgan fingerprint density at radius 3 is 2.78 bits per heavy atom. The van der Waals surface area contributed by atoms with E-state index in [2.05, 4.69) is 10.4 Å². The maximum Gasteiger partial charge on any atom is 0.309 e. The van der Waals surface area contributed by atoms with Crippen molar-refractivity contribution in [2.45, 2.75) is 18.4 Å². The molecule has 1 saturated carbocycles. The molecule has 1 fully saturated rings. The number of esters is 1. The fourth-order valence-electron chi connectivity index (χ4n) is 2.85. The van der Waals surface area contributed by atoms with Crippen LogP contribution in [-0.2, 0) is 16.6 Å². The van der Waals surface area contributed by atoms with E-state index in [0.29, 0.717) is 6.54 Å². The number of rotatable bonds is 6. The Labute approximate surface area is 135 Å². The van der Waals surface area contributed by atoms with Crippen LogP contribution in [0.1, 0.15) is 29.7 Å². The van der Waals surface area contributed by atoms with Gasteiger partial charge in [0.05, 0.1) is 18.7 Å². The molecule has 6 heteroatoms. The van der Waals surface area contributed by atoms with E-state index < -0.39 is 6.10 Å². The van der Waals surface area contributed by atoms with Gasteiger partial charge in [-0.25, -0.2) is 0 Å². The van der Waals surface area contributed by atoms with Crippen molar-refractivity contribution in [3.63, 3.8) is 0 Å². The van der Waals surface area contributed by atoms with Crippen LogP contribution in [0.4, 0.5) is 5.69 Å².